The van der Waals surface area contributed by atoms with Crippen LogP contribution in [-0.2, 0) is 17.8 Å². The number of guanidine groups is 1. The number of hydrogen-bond acceptors (Lipinski definition) is 6. The van der Waals surface area contributed by atoms with Crippen molar-refractivity contribution in [2.75, 3.05) is 32.8 Å². The Labute approximate surface area is 211 Å². The molecule has 0 radical (unpaired) electrons. The van der Waals surface area contributed by atoms with Crippen molar-refractivity contribution >= 4 is 29.9 Å². The largest absolute Gasteiger partial charge is 0.376 e. The molecule has 3 heterocycles. The average molecular weight is 562 g/mol. The summed E-state index contributed by atoms with van der Waals surface area (Å²) < 4.78 is 11.3. The second-order valence-corrected chi connectivity index (χ2v) is 7.82. The molecule has 1 aliphatic rings. The minimum Gasteiger partial charge on any atom is -0.376 e. The standard InChI is InChI=1S/C24H30N6O2.HI/c1-2-25-24(27-14-11-22-28-23(32-29-22)21-10-6-7-13-26-21)30-15-12-20(16-30)18-31-17-19-8-4-3-5-9-19;/h3-10,13,20H,2,11-12,14-18H2,1H3,(H,25,27);1H. The summed E-state index contributed by atoms with van der Waals surface area (Å²) in [4.78, 5) is 15.8. The number of aromatic nitrogens is 3. The molecule has 1 N–H and O–H groups in total. The van der Waals surface area contributed by atoms with Crippen LogP contribution in [0.1, 0.15) is 24.7 Å². The molecule has 1 saturated heterocycles. The van der Waals surface area contributed by atoms with Gasteiger partial charge in [-0.1, -0.05) is 41.6 Å². The van der Waals surface area contributed by atoms with E-state index in [1.165, 1.54) is 5.56 Å². The normalized spacial score (nSPS) is 16.0. The van der Waals surface area contributed by atoms with E-state index in [2.05, 4.69) is 44.4 Å². The Morgan fingerprint density at radius 1 is 1.21 bits per heavy atom. The molecule has 1 fully saturated rings. The van der Waals surface area contributed by atoms with E-state index >= 15 is 0 Å². The summed E-state index contributed by atoms with van der Waals surface area (Å²) in [6, 6.07) is 15.9. The number of likely N-dealkylation sites (tertiary alicyclic amines) is 1. The van der Waals surface area contributed by atoms with E-state index < -0.39 is 0 Å². The summed E-state index contributed by atoms with van der Waals surface area (Å²) in [6.07, 6.45) is 3.43. The maximum absolute atomic E-state index is 5.95. The number of rotatable bonds is 9. The number of hydrogen-bond donors (Lipinski definition) is 1. The van der Waals surface area contributed by atoms with Gasteiger partial charge in [0, 0.05) is 44.7 Å². The van der Waals surface area contributed by atoms with Crippen LogP contribution in [0, 0.1) is 5.92 Å². The highest BCUT2D eigenvalue weighted by molar-refractivity contribution is 14.0. The van der Waals surface area contributed by atoms with Crippen molar-refractivity contribution in [3.63, 3.8) is 0 Å². The lowest BCUT2D eigenvalue weighted by Crippen LogP contribution is -2.40. The fraction of sp³-hybridized carbons (Fsp3) is 0.417. The van der Waals surface area contributed by atoms with Gasteiger partial charge in [0.2, 0.25) is 0 Å². The van der Waals surface area contributed by atoms with E-state index in [1.807, 2.05) is 36.4 Å². The molecule has 8 nitrogen and oxygen atoms in total. The Morgan fingerprint density at radius 3 is 2.85 bits per heavy atom. The highest BCUT2D eigenvalue weighted by Crippen LogP contribution is 2.18. The molecule has 0 saturated carbocycles. The van der Waals surface area contributed by atoms with Gasteiger partial charge in [-0.3, -0.25) is 9.98 Å². The first-order valence-corrected chi connectivity index (χ1v) is 11.2. The Balaban J connectivity index is 0.00000306. The van der Waals surface area contributed by atoms with Crippen LogP contribution in [0.15, 0.2) is 64.2 Å². The Hall–Kier alpha value is -2.53. The van der Waals surface area contributed by atoms with Gasteiger partial charge < -0.3 is 19.5 Å². The van der Waals surface area contributed by atoms with Gasteiger partial charge in [-0.05, 0) is 31.0 Å². The third-order valence-electron chi connectivity index (χ3n) is 5.33. The van der Waals surface area contributed by atoms with Crippen LogP contribution in [0.4, 0.5) is 0 Å². The number of benzene rings is 1. The van der Waals surface area contributed by atoms with Crippen molar-refractivity contribution in [1.82, 2.24) is 25.3 Å². The lowest BCUT2D eigenvalue weighted by Gasteiger charge is -2.21. The number of nitrogens with zero attached hydrogens (tertiary/aromatic N) is 5. The second-order valence-electron chi connectivity index (χ2n) is 7.82. The Morgan fingerprint density at radius 2 is 2.06 bits per heavy atom. The van der Waals surface area contributed by atoms with E-state index in [9.17, 15) is 0 Å². The predicted molar refractivity (Wildman–Crippen MR) is 138 cm³/mol. The molecule has 2 aromatic heterocycles. The molecule has 33 heavy (non-hydrogen) atoms. The lowest BCUT2D eigenvalue weighted by atomic mass is 10.1. The van der Waals surface area contributed by atoms with Gasteiger partial charge in [-0.25, -0.2) is 0 Å². The molecule has 1 aromatic carbocycles. The zero-order chi connectivity index (χ0) is 22.0. The van der Waals surface area contributed by atoms with Crippen LogP contribution < -0.4 is 5.32 Å². The predicted octanol–water partition coefficient (Wildman–Crippen LogP) is 3.80. The third-order valence-corrected chi connectivity index (χ3v) is 5.33. The van der Waals surface area contributed by atoms with E-state index in [0.29, 0.717) is 42.9 Å². The quantitative estimate of drug-likeness (QED) is 0.241. The van der Waals surface area contributed by atoms with Gasteiger partial charge in [-0.15, -0.1) is 24.0 Å². The van der Waals surface area contributed by atoms with Crippen LogP contribution >= 0.6 is 24.0 Å². The molecular weight excluding hydrogens is 531 g/mol. The average Bonchev–Trinajstić information content (AvgIpc) is 3.50. The second kappa shape index (κ2) is 13.2. The van der Waals surface area contributed by atoms with Gasteiger partial charge in [0.05, 0.1) is 13.2 Å². The maximum Gasteiger partial charge on any atom is 0.276 e. The van der Waals surface area contributed by atoms with Crippen LogP contribution in [0.2, 0.25) is 0 Å². The minimum atomic E-state index is 0. The minimum absolute atomic E-state index is 0. The zero-order valence-electron chi connectivity index (χ0n) is 18.9. The van der Waals surface area contributed by atoms with Crippen molar-refractivity contribution in [3.05, 3.63) is 66.1 Å². The summed E-state index contributed by atoms with van der Waals surface area (Å²) in [5, 5.41) is 7.46. The number of halogens is 1. The first-order chi connectivity index (χ1) is 15.8. The van der Waals surface area contributed by atoms with Crippen LogP contribution in [-0.4, -0.2) is 58.8 Å². The monoisotopic (exact) mass is 562 g/mol. The molecule has 0 aliphatic carbocycles. The maximum atomic E-state index is 5.95. The van der Waals surface area contributed by atoms with Crippen molar-refractivity contribution in [3.8, 4) is 11.6 Å². The van der Waals surface area contributed by atoms with Crippen molar-refractivity contribution < 1.29 is 9.26 Å². The van der Waals surface area contributed by atoms with Crippen LogP contribution in [0.25, 0.3) is 11.6 Å². The molecule has 1 atom stereocenters. The fourth-order valence-corrected chi connectivity index (χ4v) is 3.72. The van der Waals surface area contributed by atoms with E-state index in [4.69, 9.17) is 14.3 Å². The smallest absolute Gasteiger partial charge is 0.276 e. The topological polar surface area (TPSA) is 88.7 Å². The number of pyridine rings is 1. The number of aliphatic imine (C=N–C) groups is 1. The lowest BCUT2D eigenvalue weighted by molar-refractivity contribution is 0.0907. The molecule has 4 rings (SSSR count). The van der Waals surface area contributed by atoms with Crippen LogP contribution in [0.3, 0.4) is 0 Å². The number of ether oxygens (including phenoxy) is 1. The molecule has 0 spiro atoms. The molecular formula is C24H31IN6O2. The van der Waals surface area contributed by atoms with Gasteiger partial charge in [-0.2, -0.15) is 4.98 Å². The van der Waals surface area contributed by atoms with Crippen molar-refractivity contribution in [1.29, 1.82) is 0 Å². The molecule has 3 aromatic rings. The summed E-state index contributed by atoms with van der Waals surface area (Å²) >= 11 is 0. The van der Waals surface area contributed by atoms with E-state index in [0.717, 1.165) is 38.6 Å². The molecule has 1 aliphatic heterocycles. The van der Waals surface area contributed by atoms with Crippen molar-refractivity contribution in [2.45, 2.75) is 26.4 Å². The summed E-state index contributed by atoms with van der Waals surface area (Å²) in [7, 11) is 0. The van der Waals surface area contributed by atoms with E-state index in [-0.39, 0.29) is 24.0 Å². The van der Waals surface area contributed by atoms with Crippen LogP contribution in [0.5, 0.6) is 0 Å². The van der Waals surface area contributed by atoms with Gasteiger partial charge in [0.1, 0.15) is 5.69 Å². The van der Waals surface area contributed by atoms with E-state index in [1.54, 1.807) is 6.20 Å². The highest BCUT2D eigenvalue weighted by atomic mass is 127. The Bertz CT molecular complexity index is 983. The summed E-state index contributed by atoms with van der Waals surface area (Å²) in [5.74, 6) is 2.53. The first kappa shape index (κ1) is 25.1. The van der Waals surface area contributed by atoms with Crippen molar-refractivity contribution in [2.24, 2.45) is 10.9 Å². The summed E-state index contributed by atoms with van der Waals surface area (Å²) in [5.41, 5.74) is 1.89. The van der Waals surface area contributed by atoms with Gasteiger partial charge in [0.15, 0.2) is 11.8 Å². The first-order valence-electron chi connectivity index (χ1n) is 11.2. The SMILES string of the molecule is CCNC(=NCCc1noc(-c2ccccn2)n1)N1CCC(COCc2ccccc2)C1.I. The zero-order valence-corrected chi connectivity index (χ0v) is 21.2. The Kier molecular flexibility index (Phi) is 10.1. The highest BCUT2D eigenvalue weighted by Gasteiger charge is 2.25. The summed E-state index contributed by atoms with van der Waals surface area (Å²) in [6.45, 7) is 6.88. The molecule has 9 heteroatoms. The third kappa shape index (κ3) is 7.50. The molecule has 1 unspecified atom stereocenters. The molecule has 0 bridgehead atoms. The van der Waals surface area contributed by atoms with Gasteiger partial charge in [0.25, 0.3) is 5.89 Å². The number of nitrogens with one attached hydrogen (secondary N) is 1. The molecule has 176 valence electrons. The molecule has 0 amide bonds. The van der Waals surface area contributed by atoms with Gasteiger partial charge >= 0.3 is 0 Å². The fourth-order valence-electron chi connectivity index (χ4n) is 3.72.